The number of rotatable bonds is 1. The number of likely N-dealkylation sites (tertiary alicyclic amines) is 1. The van der Waals surface area contributed by atoms with Crippen molar-refractivity contribution < 1.29 is 9.59 Å². The van der Waals surface area contributed by atoms with Crippen LogP contribution in [0.1, 0.15) is 35.8 Å². The van der Waals surface area contributed by atoms with Gasteiger partial charge in [-0.05, 0) is 17.9 Å². The fourth-order valence-electron chi connectivity index (χ4n) is 4.33. The highest BCUT2D eigenvalue weighted by Gasteiger charge is 2.41. The molecule has 2 heterocycles. The van der Waals surface area contributed by atoms with Crippen molar-refractivity contribution in [2.24, 2.45) is 17.8 Å². The molecule has 1 saturated heterocycles. The van der Waals surface area contributed by atoms with Crippen LogP contribution in [-0.4, -0.2) is 35.2 Å². The van der Waals surface area contributed by atoms with E-state index in [2.05, 4.69) is 11.9 Å². The van der Waals surface area contributed by atoms with Gasteiger partial charge < -0.3 is 9.88 Å². The summed E-state index contributed by atoms with van der Waals surface area (Å²) in [7, 11) is 1.87. The monoisotopic (exact) mass is 322 g/mol. The molecular weight excluding hydrogens is 300 g/mol. The minimum absolute atomic E-state index is 0.0991. The van der Waals surface area contributed by atoms with Crippen LogP contribution in [0.3, 0.4) is 0 Å². The van der Waals surface area contributed by atoms with E-state index < -0.39 is 0 Å². The number of fused-ring (bicyclic) bond motifs is 4. The summed E-state index contributed by atoms with van der Waals surface area (Å²) in [4.78, 5) is 30.7. The predicted molar refractivity (Wildman–Crippen MR) is 94.7 cm³/mol. The average molecular weight is 322 g/mol. The van der Waals surface area contributed by atoms with Crippen molar-refractivity contribution in [3.63, 3.8) is 0 Å². The number of piperidine rings is 1. The molecular formula is C20H22N2O2. The number of Topliss-reactive ketones (excluding diaryl/α,β-unsaturated/α-hetero) is 1. The van der Waals surface area contributed by atoms with Gasteiger partial charge in [0.1, 0.15) is 0 Å². The summed E-state index contributed by atoms with van der Waals surface area (Å²) in [6, 6.07) is 7.95. The van der Waals surface area contributed by atoms with Crippen molar-refractivity contribution >= 4 is 28.7 Å². The van der Waals surface area contributed by atoms with Crippen LogP contribution in [0.5, 0.6) is 0 Å². The molecule has 0 radical (unpaired) electrons. The van der Waals surface area contributed by atoms with Crippen LogP contribution < -0.4 is 0 Å². The number of carbonyl (C=O) groups excluding carboxylic acids is 2. The SMILES string of the molecule is CC[C@H]1CN(C)C(=O)[C@H]2/C=C\c3c([nH]c4ccccc34)C(=O)C[C@H]12. The number of benzene rings is 1. The summed E-state index contributed by atoms with van der Waals surface area (Å²) in [6.07, 6.45) is 5.43. The molecule has 1 fully saturated rings. The molecule has 4 nitrogen and oxygen atoms in total. The van der Waals surface area contributed by atoms with Crippen molar-refractivity contribution in [2.45, 2.75) is 19.8 Å². The Labute approximate surface area is 141 Å². The highest BCUT2D eigenvalue weighted by molar-refractivity contribution is 6.06. The summed E-state index contributed by atoms with van der Waals surface area (Å²) >= 11 is 0. The van der Waals surface area contributed by atoms with E-state index in [9.17, 15) is 9.59 Å². The Morgan fingerprint density at radius 1 is 1.25 bits per heavy atom. The first-order valence-electron chi connectivity index (χ1n) is 8.67. The second kappa shape index (κ2) is 5.62. The number of hydrogen-bond donors (Lipinski definition) is 1. The van der Waals surface area contributed by atoms with Gasteiger partial charge in [0.15, 0.2) is 5.78 Å². The molecule has 1 aromatic heterocycles. The second-order valence-corrected chi connectivity index (χ2v) is 7.02. The molecule has 0 saturated carbocycles. The summed E-state index contributed by atoms with van der Waals surface area (Å²) in [6.45, 7) is 2.89. The fourth-order valence-corrected chi connectivity index (χ4v) is 4.33. The zero-order valence-electron chi connectivity index (χ0n) is 14.1. The summed E-state index contributed by atoms with van der Waals surface area (Å²) in [5.74, 6) is 0.534. The lowest BCUT2D eigenvalue weighted by molar-refractivity contribution is -0.140. The van der Waals surface area contributed by atoms with Crippen molar-refractivity contribution in [1.82, 2.24) is 9.88 Å². The summed E-state index contributed by atoms with van der Waals surface area (Å²) in [5, 5.41) is 1.04. The van der Waals surface area contributed by atoms with Gasteiger partial charge in [0.2, 0.25) is 5.91 Å². The third-order valence-electron chi connectivity index (χ3n) is 5.68. The number of aromatic nitrogens is 1. The molecule has 0 bridgehead atoms. The van der Waals surface area contributed by atoms with Gasteiger partial charge in [-0.25, -0.2) is 0 Å². The van der Waals surface area contributed by atoms with Crippen LogP contribution in [-0.2, 0) is 4.79 Å². The normalized spacial score (nSPS) is 28.2. The zero-order valence-corrected chi connectivity index (χ0v) is 14.1. The number of hydrogen-bond acceptors (Lipinski definition) is 2. The number of nitrogens with zero attached hydrogens (tertiary/aromatic N) is 1. The van der Waals surface area contributed by atoms with Gasteiger partial charge in [0.25, 0.3) is 0 Å². The van der Waals surface area contributed by atoms with Crippen molar-refractivity contribution in [3.05, 3.63) is 41.6 Å². The van der Waals surface area contributed by atoms with E-state index in [0.717, 1.165) is 29.4 Å². The van der Waals surface area contributed by atoms with Gasteiger partial charge in [0.05, 0.1) is 11.6 Å². The van der Waals surface area contributed by atoms with E-state index in [0.29, 0.717) is 18.0 Å². The van der Waals surface area contributed by atoms with Crippen LogP contribution in [0.2, 0.25) is 0 Å². The Morgan fingerprint density at radius 3 is 2.83 bits per heavy atom. The molecule has 2 aromatic rings. The van der Waals surface area contributed by atoms with Gasteiger partial charge in [0, 0.05) is 36.5 Å². The average Bonchev–Trinajstić information content (AvgIpc) is 2.94. The lowest BCUT2D eigenvalue weighted by Crippen LogP contribution is -2.48. The van der Waals surface area contributed by atoms with E-state index in [1.807, 2.05) is 48.4 Å². The minimum Gasteiger partial charge on any atom is -0.352 e. The Kier molecular flexibility index (Phi) is 3.56. The number of aromatic amines is 1. The molecule has 1 aliphatic heterocycles. The molecule has 0 spiro atoms. The van der Waals surface area contributed by atoms with Gasteiger partial charge in [-0.2, -0.15) is 0 Å². The number of H-pyrrole nitrogens is 1. The third kappa shape index (κ3) is 2.20. The number of carbonyl (C=O) groups is 2. The lowest BCUT2D eigenvalue weighted by atomic mass is 9.72. The molecule has 1 N–H and O–H groups in total. The van der Waals surface area contributed by atoms with E-state index in [1.165, 1.54) is 0 Å². The summed E-state index contributed by atoms with van der Waals surface area (Å²) < 4.78 is 0. The van der Waals surface area contributed by atoms with E-state index >= 15 is 0 Å². The van der Waals surface area contributed by atoms with E-state index in [-0.39, 0.29) is 23.5 Å². The number of ketones is 1. The summed E-state index contributed by atoms with van der Waals surface area (Å²) in [5.41, 5.74) is 2.58. The highest BCUT2D eigenvalue weighted by Crippen LogP contribution is 2.38. The number of para-hydroxylation sites is 1. The van der Waals surface area contributed by atoms with E-state index in [1.54, 1.807) is 0 Å². The molecule has 24 heavy (non-hydrogen) atoms. The van der Waals surface area contributed by atoms with Crippen molar-refractivity contribution in [3.8, 4) is 0 Å². The molecule has 1 aromatic carbocycles. The zero-order chi connectivity index (χ0) is 16.8. The maximum Gasteiger partial charge on any atom is 0.229 e. The van der Waals surface area contributed by atoms with Crippen LogP contribution in [0.4, 0.5) is 0 Å². The highest BCUT2D eigenvalue weighted by atomic mass is 16.2. The van der Waals surface area contributed by atoms with Gasteiger partial charge in [-0.3, -0.25) is 9.59 Å². The molecule has 4 heteroatoms. The molecule has 0 unspecified atom stereocenters. The standard InChI is InChI=1S/C20H22N2O2/c1-3-12-11-22(2)20(24)15-9-8-14-13-6-4-5-7-17(13)21-19(14)18(23)10-16(12)15/h4-9,12,15-16,21H,3,10-11H2,1-2H3/b9-8-/t12-,15-,16+/m0/s1. The van der Waals surface area contributed by atoms with Crippen LogP contribution >= 0.6 is 0 Å². The van der Waals surface area contributed by atoms with Crippen LogP contribution in [0, 0.1) is 17.8 Å². The second-order valence-electron chi connectivity index (χ2n) is 7.02. The Hall–Kier alpha value is -2.36. The molecule has 4 rings (SSSR count). The Morgan fingerprint density at radius 2 is 2.04 bits per heavy atom. The smallest absolute Gasteiger partial charge is 0.229 e. The first-order chi connectivity index (χ1) is 11.6. The topological polar surface area (TPSA) is 53.2 Å². The molecule has 2 aliphatic rings. The van der Waals surface area contributed by atoms with Crippen molar-refractivity contribution in [1.29, 1.82) is 0 Å². The quantitative estimate of drug-likeness (QED) is 0.873. The molecule has 1 aliphatic carbocycles. The first-order valence-corrected chi connectivity index (χ1v) is 8.67. The van der Waals surface area contributed by atoms with Gasteiger partial charge in [-0.15, -0.1) is 0 Å². The lowest BCUT2D eigenvalue weighted by Gasteiger charge is -2.41. The fraction of sp³-hybridized carbons (Fsp3) is 0.400. The largest absolute Gasteiger partial charge is 0.352 e. The molecule has 124 valence electrons. The molecule has 3 atom stereocenters. The minimum atomic E-state index is -0.195. The Balaban J connectivity index is 1.85. The first kappa shape index (κ1) is 15.2. The van der Waals surface area contributed by atoms with Crippen molar-refractivity contribution in [2.75, 3.05) is 13.6 Å². The van der Waals surface area contributed by atoms with Gasteiger partial charge >= 0.3 is 0 Å². The van der Waals surface area contributed by atoms with Crippen LogP contribution in [0.15, 0.2) is 30.3 Å². The number of amides is 1. The third-order valence-corrected chi connectivity index (χ3v) is 5.68. The maximum absolute atomic E-state index is 12.9. The number of nitrogens with one attached hydrogen (secondary N) is 1. The Bertz CT molecular complexity index is 848. The molecule has 1 amide bonds. The maximum atomic E-state index is 12.9. The van der Waals surface area contributed by atoms with Crippen LogP contribution in [0.25, 0.3) is 17.0 Å². The predicted octanol–water partition coefficient (Wildman–Crippen LogP) is 3.50. The van der Waals surface area contributed by atoms with Gasteiger partial charge in [-0.1, -0.05) is 43.7 Å². The van der Waals surface area contributed by atoms with E-state index in [4.69, 9.17) is 0 Å².